The van der Waals surface area contributed by atoms with Crippen LogP contribution >= 0.6 is 11.6 Å². The quantitative estimate of drug-likeness (QED) is 0.749. The van der Waals surface area contributed by atoms with E-state index in [-0.39, 0.29) is 0 Å². The number of alkyl halides is 3. The number of rotatable bonds is 1. The lowest BCUT2D eigenvalue weighted by molar-refractivity contribution is -0.141. The lowest BCUT2D eigenvalue weighted by Gasteiger charge is -2.02. The van der Waals surface area contributed by atoms with Gasteiger partial charge in [-0.2, -0.15) is 13.2 Å². The van der Waals surface area contributed by atoms with E-state index < -0.39 is 28.8 Å². The fraction of sp³-hybridized carbons (Fsp3) is 0.200. The van der Waals surface area contributed by atoms with E-state index in [4.69, 9.17) is 16.7 Å². The third-order valence-corrected chi connectivity index (χ3v) is 1.34. The predicted octanol–water partition coefficient (Wildman–Crippen LogP) is 1.78. The first kappa shape index (κ1) is 9.85. The van der Waals surface area contributed by atoms with Gasteiger partial charge in [0.15, 0.2) is 11.4 Å². The normalized spacial score (nSPS) is 11.7. The number of imidazole rings is 1. The van der Waals surface area contributed by atoms with Crippen LogP contribution in [0, 0.1) is 0 Å². The molecule has 1 rings (SSSR count). The zero-order chi connectivity index (χ0) is 10.2. The van der Waals surface area contributed by atoms with Crippen molar-refractivity contribution in [3.63, 3.8) is 0 Å². The van der Waals surface area contributed by atoms with Crippen molar-refractivity contribution in [1.82, 2.24) is 9.97 Å². The third-order valence-electron chi connectivity index (χ3n) is 1.16. The summed E-state index contributed by atoms with van der Waals surface area (Å²) in [6.07, 6.45) is -4.80. The summed E-state index contributed by atoms with van der Waals surface area (Å²) >= 11 is 5.09. The highest BCUT2D eigenvalue weighted by Crippen LogP contribution is 2.31. The molecular formula is C5H2ClF3N2O2. The fourth-order valence-electron chi connectivity index (χ4n) is 0.704. The molecule has 0 unspecified atom stereocenters. The van der Waals surface area contributed by atoms with Crippen molar-refractivity contribution in [3.05, 3.63) is 16.7 Å². The molecule has 13 heavy (non-hydrogen) atoms. The number of hydrogen-bond acceptors (Lipinski definition) is 2. The smallest absolute Gasteiger partial charge is 0.433 e. The second-order valence-corrected chi connectivity index (χ2v) is 2.41. The maximum absolute atomic E-state index is 12.0. The van der Waals surface area contributed by atoms with Crippen molar-refractivity contribution < 1.29 is 23.1 Å². The van der Waals surface area contributed by atoms with Crippen molar-refractivity contribution in [2.24, 2.45) is 0 Å². The number of H-pyrrole nitrogens is 1. The predicted molar refractivity (Wildman–Crippen MR) is 35.6 cm³/mol. The van der Waals surface area contributed by atoms with Crippen LogP contribution in [0.25, 0.3) is 0 Å². The summed E-state index contributed by atoms with van der Waals surface area (Å²) in [5.74, 6) is -1.78. The monoisotopic (exact) mass is 214 g/mol. The minimum absolute atomic E-state index is 0.607. The number of nitrogens with zero attached hydrogens (tertiary/aromatic N) is 1. The Balaban J connectivity index is 3.28. The van der Waals surface area contributed by atoms with Crippen LogP contribution in [-0.2, 0) is 6.18 Å². The second-order valence-electron chi connectivity index (χ2n) is 2.05. The first-order valence-electron chi connectivity index (χ1n) is 2.88. The summed E-state index contributed by atoms with van der Waals surface area (Å²) in [4.78, 5) is 14.8. The SMILES string of the molecule is O=C(O)c1nc(Cl)[nH]c1C(F)(F)F. The van der Waals surface area contributed by atoms with Crippen molar-refractivity contribution >= 4 is 17.6 Å². The van der Waals surface area contributed by atoms with Gasteiger partial charge in [0.05, 0.1) is 0 Å². The van der Waals surface area contributed by atoms with Gasteiger partial charge >= 0.3 is 12.1 Å². The highest BCUT2D eigenvalue weighted by Gasteiger charge is 2.38. The Kier molecular flexibility index (Phi) is 2.21. The number of hydrogen-bond donors (Lipinski definition) is 2. The van der Waals surface area contributed by atoms with E-state index in [1.54, 1.807) is 4.98 Å². The van der Waals surface area contributed by atoms with Crippen LogP contribution in [0.2, 0.25) is 5.28 Å². The lowest BCUT2D eigenvalue weighted by atomic mass is 10.3. The van der Waals surface area contributed by atoms with E-state index in [0.29, 0.717) is 0 Å². The highest BCUT2D eigenvalue weighted by molar-refractivity contribution is 6.28. The van der Waals surface area contributed by atoms with Crippen LogP contribution in [0.5, 0.6) is 0 Å². The molecule has 8 heteroatoms. The summed E-state index contributed by atoms with van der Waals surface area (Å²) in [5, 5.41) is 7.69. The maximum atomic E-state index is 12.0. The number of aromatic nitrogens is 2. The van der Waals surface area contributed by atoms with Gasteiger partial charge < -0.3 is 10.1 Å². The number of carboxylic acid groups (broad SMARTS) is 1. The van der Waals surface area contributed by atoms with Crippen molar-refractivity contribution in [2.75, 3.05) is 0 Å². The molecule has 1 aromatic heterocycles. The summed E-state index contributed by atoms with van der Waals surface area (Å²) in [5.41, 5.74) is -2.58. The molecule has 0 aliphatic heterocycles. The van der Waals surface area contributed by atoms with Crippen molar-refractivity contribution in [3.8, 4) is 0 Å². The van der Waals surface area contributed by atoms with Crippen LogP contribution in [0.4, 0.5) is 13.2 Å². The molecule has 4 nitrogen and oxygen atoms in total. The van der Waals surface area contributed by atoms with Gasteiger partial charge in [0, 0.05) is 0 Å². The van der Waals surface area contributed by atoms with Crippen molar-refractivity contribution in [1.29, 1.82) is 0 Å². The van der Waals surface area contributed by atoms with E-state index in [2.05, 4.69) is 4.98 Å². The van der Waals surface area contributed by atoms with E-state index in [0.717, 1.165) is 0 Å². The average molecular weight is 215 g/mol. The van der Waals surface area contributed by atoms with Gasteiger partial charge in [-0.05, 0) is 11.6 Å². The topological polar surface area (TPSA) is 66.0 Å². The minimum Gasteiger partial charge on any atom is -0.476 e. The number of aromatic amines is 1. The summed E-state index contributed by atoms with van der Waals surface area (Å²) in [6.45, 7) is 0. The highest BCUT2D eigenvalue weighted by atomic mass is 35.5. The Morgan fingerprint density at radius 1 is 1.54 bits per heavy atom. The number of halogens is 4. The standard InChI is InChI=1S/C5H2ClF3N2O2/c6-4-10-1(3(12)13)2(11-4)5(7,8)9/h(H,10,11)(H,12,13). The van der Waals surface area contributed by atoms with Gasteiger partial charge in [-0.25, -0.2) is 9.78 Å². The third kappa shape index (κ3) is 1.92. The summed E-state index contributed by atoms with van der Waals surface area (Å²) in [7, 11) is 0. The minimum atomic E-state index is -4.80. The average Bonchev–Trinajstić information content (AvgIpc) is 2.29. The number of carboxylic acids is 1. The van der Waals surface area contributed by atoms with E-state index in [9.17, 15) is 18.0 Å². The molecule has 2 N–H and O–H groups in total. The molecule has 0 aromatic carbocycles. The first-order valence-corrected chi connectivity index (χ1v) is 3.26. The van der Waals surface area contributed by atoms with Gasteiger partial charge in [0.25, 0.3) is 0 Å². The van der Waals surface area contributed by atoms with Crippen LogP contribution in [0.15, 0.2) is 0 Å². The molecule has 0 atom stereocenters. The van der Waals surface area contributed by atoms with Crippen LogP contribution in [-0.4, -0.2) is 21.0 Å². The van der Waals surface area contributed by atoms with Gasteiger partial charge in [-0.3, -0.25) is 0 Å². The molecule has 0 spiro atoms. The number of nitrogens with one attached hydrogen (secondary N) is 1. The largest absolute Gasteiger partial charge is 0.476 e. The molecule has 1 aromatic rings. The Labute approximate surface area is 74.3 Å². The van der Waals surface area contributed by atoms with Gasteiger partial charge in [-0.1, -0.05) is 0 Å². The fourth-order valence-corrected chi connectivity index (χ4v) is 0.883. The molecule has 0 saturated heterocycles. The molecule has 0 radical (unpaired) electrons. The Bertz CT molecular complexity index is 346. The zero-order valence-corrected chi connectivity index (χ0v) is 6.57. The van der Waals surface area contributed by atoms with E-state index in [1.165, 1.54) is 0 Å². The van der Waals surface area contributed by atoms with Crippen molar-refractivity contribution in [2.45, 2.75) is 6.18 Å². The van der Waals surface area contributed by atoms with E-state index in [1.807, 2.05) is 0 Å². The Morgan fingerprint density at radius 2 is 2.08 bits per heavy atom. The van der Waals surface area contributed by atoms with Gasteiger partial charge in [0.1, 0.15) is 0 Å². The Hall–Kier alpha value is -1.24. The lowest BCUT2D eigenvalue weighted by Crippen LogP contribution is -2.12. The summed E-state index contributed by atoms with van der Waals surface area (Å²) < 4.78 is 36.1. The zero-order valence-electron chi connectivity index (χ0n) is 5.81. The van der Waals surface area contributed by atoms with Gasteiger partial charge in [-0.15, -0.1) is 0 Å². The molecule has 0 fully saturated rings. The molecule has 0 aliphatic carbocycles. The molecule has 72 valence electrons. The maximum Gasteiger partial charge on any atom is 0.433 e. The number of carbonyl (C=O) groups is 1. The van der Waals surface area contributed by atoms with Crippen LogP contribution in [0.3, 0.4) is 0 Å². The molecule has 0 amide bonds. The van der Waals surface area contributed by atoms with Crippen LogP contribution < -0.4 is 0 Å². The number of aromatic carboxylic acids is 1. The van der Waals surface area contributed by atoms with E-state index >= 15 is 0 Å². The molecule has 0 aliphatic rings. The molecule has 1 heterocycles. The van der Waals surface area contributed by atoms with Crippen LogP contribution in [0.1, 0.15) is 16.2 Å². The van der Waals surface area contributed by atoms with Gasteiger partial charge in [0.2, 0.25) is 5.28 Å². The first-order chi connectivity index (χ1) is 5.82. The molecule has 0 saturated carbocycles. The second kappa shape index (κ2) is 2.91. The molecule has 0 bridgehead atoms. The Morgan fingerprint density at radius 3 is 2.38 bits per heavy atom. The summed E-state index contributed by atoms with van der Waals surface area (Å²) in [6, 6.07) is 0. The molecular weight excluding hydrogens is 213 g/mol.